The van der Waals surface area contributed by atoms with E-state index in [0.717, 1.165) is 14.5 Å². The van der Waals surface area contributed by atoms with Crippen molar-refractivity contribution in [1.29, 1.82) is 5.26 Å². The maximum absolute atomic E-state index is 12.1. The fraction of sp³-hybridized carbons (Fsp3) is 0.111. The van der Waals surface area contributed by atoms with Crippen LogP contribution in [0.5, 0.6) is 0 Å². The van der Waals surface area contributed by atoms with Crippen molar-refractivity contribution in [3.8, 4) is 6.07 Å². The first-order valence-corrected chi connectivity index (χ1v) is 9.82. The monoisotopic (exact) mass is 385 g/mol. The van der Waals surface area contributed by atoms with E-state index in [1.165, 1.54) is 49.7 Å². The number of hydrogen-bond donors (Lipinski definition) is 1. The topological polar surface area (TPSA) is 94.3 Å². The average molecular weight is 385 g/mol. The average Bonchev–Trinajstić information content (AvgIpc) is 3.05. The molecule has 26 heavy (non-hydrogen) atoms. The van der Waals surface area contributed by atoms with Crippen LogP contribution in [-0.2, 0) is 10.0 Å². The summed E-state index contributed by atoms with van der Waals surface area (Å²) in [6, 6.07) is 15.2. The molecule has 0 aliphatic rings. The number of hydrogen-bond acceptors (Lipinski definition) is 6. The van der Waals surface area contributed by atoms with Gasteiger partial charge in [-0.15, -0.1) is 11.3 Å². The molecule has 132 valence electrons. The Morgan fingerprint density at radius 1 is 1.15 bits per heavy atom. The molecule has 6 nitrogen and oxygen atoms in total. The van der Waals surface area contributed by atoms with E-state index in [4.69, 9.17) is 0 Å². The van der Waals surface area contributed by atoms with E-state index in [-0.39, 0.29) is 16.2 Å². The molecule has 0 aliphatic heterocycles. The molecular weight excluding hydrogens is 370 g/mol. The molecule has 3 rings (SSSR count). The molecule has 1 aromatic heterocycles. The van der Waals surface area contributed by atoms with Crippen LogP contribution in [0.25, 0.3) is 21.5 Å². The largest absolute Gasteiger partial charge is 0.506 e. The molecule has 0 fully saturated rings. The minimum atomic E-state index is -3.55. The van der Waals surface area contributed by atoms with Crippen LogP contribution in [0.15, 0.2) is 53.4 Å². The van der Waals surface area contributed by atoms with E-state index >= 15 is 0 Å². The second kappa shape index (κ2) is 6.88. The number of allylic oxidation sites excluding steroid dienone is 1. The van der Waals surface area contributed by atoms with Gasteiger partial charge in [-0.25, -0.2) is 17.7 Å². The van der Waals surface area contributed by atoms with Gasteiger partial charge in [0.1, 0.15) is 22.4 Å². The number of nitrogens with zero attached hydrogens (tertiary/aromatic N) is 3. The molecular formula is C18H15N3O3S2. The van der Waals surface area contributed by atoms with Crippen molar-refractivity contribution in [2.75, 3.05) is 14.1 Å². The van der Waals surface area contributed by atoms with Crippen molar-refractivity contribution in [3.05, 3.63) is 59.1 Å². The predicted octanol–water partition coefficient (Wildman–Crippen LogP) is 3.50. The van der Waals surface area contributed by atoms with Crippen LogP contribution in [0.3, 0.4) is 0 Å². The summed E-state index contributed by atoms with van der Waals surface area (Å²) in [5, 5.41) is 20.4. The summed E-state index contributed by atoms with van der Waals surface area (Å²) in [7, 11) is -0.662. The first-order chi connectivity index (χ1) is 12.3. The zero-order chi connectivity index (χ0) is 18.9. The Labute approximate surface area is 155 Å². The van der Waals surface area contributed by atoms with Gasteiger partial charge in [0.25, 0.3) is 0 Å². The molecule has 0 aliphatic carbocycles. The lowest BCUT2D eigenvalue weighted by Gasteiger charge is -2.11. The standard InChI is InChI=1S/C18H15N3O3S2/c1-21(2)26(23,24)13-9-7-12(8-10-13)17(22)14(11-19)18-20-15-5-3-4-6-16(15)25-18/h3-10,22H,1-2H3/b17-14-. The molecule has 0 saturated heterocycles. The molecule has 0 atom stereocenters. The van der Waals surface area contributed by atoms with Gasteiger partial charge in [-0.05, 0) is 36.4 Å². The van der Waals surface area contributed by atoms with Gasteiger partial charge in [-0.1, -0.05) is 12.1 Å². The van der Waals surface area contributed by atoms with E-state index in [1.807, 2.05) is 30.3 Å². The van der Waals surface area contributed by atoms with Crippen LogP contribution in [-0.4, -0.2) is 36.9 Å². The Balaban J connectivity index is 2.05. The van der Waals surface area contributed by atoms with Gasteiger partial charge >= 0.3 is 0 Å². The highest BCUT2D eigenvalue weighted by Crippen LogP contribution is 2.31. The van der Waals surface area contributed by atoms with E-state index in [1.54, 1.807) is 0 Å². The molecule has 0 saturated carbocycles. The highest BCUT2D eigenvalue weighted by molar-refractivity contribution is 7.89. The SMILES string of the molecule is CN(C)S(=O)(=O)c1ccc(/C(O)=C(\C#N)c2nc3ccccc3s2)cc1. The van der Waals surface area contributed by atoms with Crippen molar-refractivity contribution in [2.24, 2.45) is 0 Å². The Hall–Kier alpha value is -2.73. The van der Waals surface area contributed by atoms with Gasteiger partial charge in [0.05, 0.1) is 15.1 Å². The molecule has 0 spiro atoms. The number of sulfonamides is 1. The zero-order valence-corrected chi connectivity index (χ0v) is 15.7. The number of aliphatic hydroxyl groups is 1. The molecule has 0 bridgehead atoms. The molecule has 0 amide bonds. The van der Waals surface area contributed by atoms with Crippen molar-refractivity contribution < 1.29 is 13.5 Å². The molecule has 1 N–H and O–H groups in total. The van der Waals surface area contributed by atoms with Gasteiger partial charge in [-0.2, -0.15) is 5.26 Å². The number of rotatable bonds is 4. The molecule has 8 heteroatoms. The maximum atomic E-state index is 12.1. The summed E-state index contributed by atoms with van der Waals surface area (Å²) in [6.07, 6.45) is 0. The normalized spacial score (nSPS) is 12.8. The molecule has 1 heterocycles. The minimum Gasteiger partial charge on any atom is -0.506 e. The fourth-order valence-electron chi connectivity index (χ4n) is 2.32. The van der Waals surface area contributed by atoms with Crippen LogP contribution < -0.4 is 0 Å². The summed E-state index contributed by atoms with van der Waals surface area (Å²) < 4.78 is 26.3. The Morgan fingerprint density at radius 3 is 2.38 bits per heavy atom. The van der Waals surface area contributed by atoms with Gasteiger partial charge < -0.3 is 5.11 Å². The van der Waals surface area contributed by atoms with Crippen LogP contribution in [0.1, 0.15) is 10.6 Å². The highest BCUT2D eigenvalue weighted by Gasteiger charge is 2.19. The lowest BCUT2D eigenvalue weighted by molar-refractivity contribution is 0.513. The highest BCUT2D eigenvalue weighted by atomic mass is 32.2. The summed E-state index contributed by atoms with van der Waals surface area (Å²) in [5.74, 6) is -0.236. The van der Waals surface area contributed by atoms with Crippen LogP contribution >= 0.6 is 11.3 Å². The van der Waals surface area contributed by atoms with Crippen molar-refractivity contribution >= 4 is 42.9 Å². The van der Waals surface area contributed by atoms with Gasteiger partial charge in [0, 0.05) is 19.7 Å². The van der Waals surface area contributed by atoms with Gasteiger partial charge in [0.2, 0.25) is 10.0 Å². The number of nitriles is 1. The lowest BCUT2D eigenvalue weighted by Crippen LogP contribution is -2.22. The smallest absolute Gasteiger partial charge is 0.242 e. The quantitative estimate of drug-likeness (QED) is 0.548. The van der Waals surface area contributed by atoms with E-state index in [0.29, 0.717) is 10.6 Å². The first-order valence-electron chi connectivity index (χ1n) is 7.57. The molecule has 2 aromatic carbocycles. The second-order valence-corrected chi connectivity index (χ2v) is 8.82. The van der Waals surface area contributed by atoms with Crippen LogP contribution in [0, 0.1) is 11.3 Å². The Morgan fingerprint density at radius 2 is 1.81 bits per heavy atom. The first kappa shape index (κ1) is 18.1. The van der Waals surface area contributed by atoms with E-state index in [9.17, 15) is 18.8 Å². The summed E-state index contributed by atoms with van der Waals surface area (Å²) in [5.41, 5.74) is 1.15. The maximum Gasteiger partial charge on any atom is 0.242 e. The second-order valence-electron chi connectivity index (χ2n) is 5.63. The van der Waals surface area contributed by atoms with Crippen LogP contribution in [0.2, 0.25) is 0 Å². The Bertz CT molecular complexity index is 1110. The van der Waals surface area contributed by atoms with E-state index < -0.39 is 10.0 Å². The van der Waals surface area contributed by atoms with Crippen molar-refractivity contribution in [2.45, 2.75) is 4.90 Å². The third kappa shape index (κ3) is 3.20. The third-order valence-electron chi connectivity index (χ3n) is 3.76. The molecule has 0 unspecified atom stereocenters. The predicted molar refractivity (Wildman–Crippen MR) is 102 cm³/mol. The number of fused-ring (bicyclic) bond motifs is 1. The number of benzene rings is 2. The number of aromatic nitrogens is 1. The third-order valence-corrected chi connectivity index (χ3v) is 6.65. The number of thiazole rings is 1. The fourth-order valence-corrected chi connectivity index (χ4v) is 4.18. The van der Waals surface area contributed by atoms with Crippen molar-refractivity contribution in [3.63, 3.8) is 0 Å². The molecule has 3 aromatic rings. The van der Waals surface area contributed by atoms with E-state index in [2.05, 4.69) is 4.98 Å². The van der Waals surface area contributed by atoms with Crippen LogP contribution in [0.4, 0.5) is 0 Å². The number of aliphatic hydroxyl groups excluding tert-OH is 1. The zero-order valence-electron chi connectivity index (χ0n) is 14.0. The number of para-hydroxylation sites is 1. The summed E-state index contributed by atoms with van der Waals surface area (Å²) in [6.45, 7) is 0. The van der Waals surface area contributed by atoms with Gasteiger partial charge in [0.15, 0.2) is 0 Å². The molecule has 0 radical (unpaired) electrons. The Kier molecular flexibility index (Phi) is 4.78. The summed E-state index contributed by atoms with van der Waals surface area (Å²) in [4.78, 5) is 4.49. The van der Waals surface area contributed by atoms with Gasteiger partial charge in [-0.3, -0.25) is 0 Å². The minimum absolute atomic E-state index is 0.0504. The lowest BCUT2D eigenvalue weighted by atomic mass is 10.1. The summed E-state index contributed by atoms with van der Waals surface area (Å²) >= 11 is 1.31. The van der Waals surface area contributed by atoms with Crippen molar-refractivity contribution in [1.82, 2.24) is 9.29 Å².